The summed E-state index contributed by atoms with van der Waals surface area (Å²) in [5, 5.41) is 3.57. The van der Waals surface area contributed by atoms with E-state index in [0.29, 0.717) is 12.0 Å². The lowest BCUT2D eigenvalue weighted by Crippen LogP contribution is -2.44. The molecule has 0 saturated carbocycles. The largest absolute Gasteiger partial charge is 0.378 e. The first kappa shape index (κ1) is 16.8. The van der Waals surface area contributed by atoms with E-state index >= 15 is 0 Å². The van der Waals surface area contributed by atoms with Gasteiger partial charge in [0.25, 0.3) is 0 Å². The number of carbonyl (C=O) groups excluding carboxylic acids is 1. The van der Waals surface area contributed by atoms with E-state index in [0.717, 1.165) is 38.8 Å². The lowest BCUT2D eigenvalue weighted by atomic mass is 9.99. The van der Waals surface area contributed by atoms with Crippen molar-refractivity contribution in [2.45, 2.75) is 84.0 Å². The van der Waals surface area contributed by atoms with Gasteiger partial charge in [-0.3, -0.25) is 10.1 Å². The predicted octanol–water partition coefficient (Wildman–Crippen LogP) is 2.92. The van der Waals surface area contributed by atoms with Gasteiger partial charge in [-0.05, 0) is 51.4 Å². The molecule has 4 nitrogen and oxygen atoms in total. The summed E-state index contributed by atoms with van der Waals surface area (Å²) < 4.78 is 5.81. The van der Waals surface area contributed by atoms with Crippen molar-refractivity contribution in [3.8, 4) is 0 Å². The van der Waals surface area contributed by atoms with Crippen LogP contribution >= 0.6 is 0 Å². The lowest BCUT2D eigenvalue weighted by molar-refractivity contribution is -0.133. The molecule has 0 aromatic carbocycles. The van der Waals surface area contributed by atoms with Crippen molar-refractivity contribution in [1.29, 1.82) is 0 Å². The van der Waals surface area contributed by atoms with Gasteiger partial charge >= 0.3 is 0 Å². The minimum atomic E-state index is -0.382. The fraction of sp³-hybridized carbons (Fsp3) is 0.941. The maximum absolute atomic E-state index is 12.7. The van der Waals surface area contributed by atoms with Crippen LogP contribution in [0.15, 0.2) is 0 Å². The van der Waals surface area contributed by atoms with Crippen LogP contribution in [-0.4, -0.2) is 41.8 Å². The van der Waals surface area contributed by atoms with Crippen molar-refractivity contribution in [2.75, 3.05) is 13.2 Å². The van der Waals surface area contributed by atoms with Gasteiger partial charge in [0.1, 0.15) is 0 Å². The highest BCUT2D eigenvalue weighted by molar-refractivity contribution is 5.88. The summed E-state index contributed by atoms with van der Waals surface area (Å²) in [4.78, 5) is 14.8. The van der Waals surface area contributed by atoms with Crippen molar-refractivity contribution < 1.29 is 9.53 Å². The SMILES string of the molecule is CCC1(C)NC(CC(C)C)N(CCC2CCCCO2)C1=O. The van der Waals surface area contributed by atoms with Crippen LogP contribution in [0.1, 0.15) is 66.2 Å². The van der Waals surface area contributed by atoms with Crippen molar-refractivity contribution in [3.05, 3.63) is 0 Å². The van der Waals surface area contributed by atoms with Crippen LogP contribution in [-0.2, 0) is 9.53 Å². The number of amides is 1. The fourth-order valence-electron chi connectivity index (χ4n) is 3.43. The molecule has 2 aliphatic heterocycles. The number of rotatable bonds is 6. The third-order valence-electron chi connectivity index (χ3n) is 4.96. The Hall–Kier alpha value is -0.610. The topological polar surface area (TPSA) is 41.6 Å². The monoisotopic (exact) mass is 296 g/mol. The second kappa shape index (κ2) is 7.10. The number of ether oxygens (including phenoxy) is 1. The van der Waals surface area contributed by atoms with Gasteiger partial charge in [0.15, 0.2) is 0 Å². The molecule has 0 spiro atoms. The summed E-state index contributed by atoms with van der Waals surface area (Å²) >= 11 is 0. The van der Waals surface area contributed by atoms with E-state index in [4.69, 9.17) is 4.74 Å². The van der Waals surface area contributed by atoms with Crippen LogP contribution in [0.5, 0.6) is 0 Å². The lowest BCUT2D eigenvalue weighted by Gasteiger charge is -2.29. The van der Waals surface area contributed by atoms with E-state index in [1.807, 2.05) is 6.92 Å². The van der Waals surface area contributed by atoms with Gasteiger partial charge in [-0.2, -0.15) is 0 Å². The third kappa shape index (κ3) is 3.98. The third-order valence-corrected chi connectivity index (χ3v) is 4.96. The summed E-state index contributed by atoms with van der Waals surface area (Å²) in [5.74, 6) is 0.856. The Labute approximate surface area is 129 Å². The van der Waals surface area contributed by atoms with E-state index in [9.17, 15) is 4.79 Å². The Morgan fingerprint density at radius 3 is 2.76 bits per heavy atom. The molecule has 2 heterocycles. The summed E-state index contributed by atoms with van der Waals surface area (Å²) in [6, 6.07) is 0. The molecule has 1 N–H and O–H groups in total. The van der Waals surface area contributed by atoms with Gasteiger partial charge in [0, 0.05) is 13.2 Å². The van der Waals surface area contributed by atoms with Crippen LogP contribution in [0.25, 0.3) is 0 Å². The van der Waals surface area contributed by atoms with Crippen LogP contribution in [0, 0.1) is 5.92 Å². The Kier molecular flexibility index (Phi) is 5.67. The van der Waals surface area contributed by atoms with Crippen molar-refractivity contribution >= 4 is 5.91 Å². The molecule has 2 rings (SSSR count). The average Bonchev–Trinajstić information content (AvgIpc) is 2.69. The molecule has 0 aromatic heterocycles. The van der Waals surface area contributed by atoms with E-state index in [1.165, 1.54) is 12.8 Å². The molecule has 0 bridgehead atoms. The number of hydrogen-bond donors (Lipinski definition) is 1. The maximum Gasteiger partial charge on any atom is 0.243 e. The molecule has 2 fully saturated rings. The van der Waals surface area contributed by atoms with E-state index in [1.54, 1.807) is 0 Å². The zero-order valence-electron chi connectivity index (χ0n) is 14.2. The molecule has 1 amide bonds. The maximum atomic E-state index is 12.7. The van der Waals surface area contributed by atoms with Crippen LogP contribution in [0.4, 0.5) is 0 Å². The summed E-state index contributed by atoms with van der Waals surface area (Å²) in [6.45, 7) is 10.3. The predicted molar refractivity (Wildman–Crippen MR) is 85.0 cm³/mol. The van der Waals surface area contributed by atoms with Gasteiger partial charge in [0.05, 0.1) is 17.8 Å². The minimum Gasteiger partial charge on any atom is -0.378 e. The Morgan fingerprint density at radius 2 is 2.19 bits per heavy atom. The quantitative estimate of drug-likeness (QED) is 0.819. The van der Waals surface area contributed by atoms with Crippen LogP contribution in [0.3, 0.4) is 0 Å². The smallest absolute Gasteiger partial charge is 0.243 e. The fourth-order valence-corrected chi connectivity index (χ4v) is 3.43. The van der Waals surface area contributed by atoms with E-state index < -0.39 is 0 Å². The standard InChI is InChI=1S/C17H32N2O2/c1-5-17(4)16(20)19(15(18-17)12-13(2)3)10-9-14-8-6-7-11-21-14/h13-15,18H,5-12H2,1-4H3. The molecule has 0 aromatic rings. The summed E-state index contributed by atoms with van der Waals surface area (Å²) in [6.07, 6.45) is 6.97. The molecule has 0 radical (unpaired) electrons. The highest BCUT2D eigenvalue weighted by atomic mass is 16.5. The van der Waals surface area contributed by atoms with Gasteiger partial charge in [0.2, 0.25) is 5.91 Å². The van der Waals surface area contributed by atoms with E-state index in [2.05, 4.69) is 31.0 Å². The summed E-state index contributed by atoms with van der Waals surface area (Å²) in [5.41, 5.74) is -0.382. The van der Waals surface area contributed by atoms with Gasteiger partial charge < -0.3 is 9.64 Å². The van der Waals surface area contributed by atoms with Crippen molar-refractivity contribution in [3.63, 3.8) is 0 Å². The minimum absolute atomic E-state index is 0.186. The molecule has 2 aliphatic rings. The second-order valence-corrected chi connectivity index (χ2v) is 7.25. The van der Waals surface area contributed by atoms with Crippen molar-refractivity contribution in [2.24, 2.45) is 5.92 Å². The molecule has 2 saturated heterocycles. The average molecular weight is 296 g/mol. The van der Waals surface area contributed by atoms with Gasteiger partial charge in [-0.25, -0.2) is 0 Å². The van der Waals surface area contributed by atoms with Crippen LogP contribution < -0.4 is 5.32 Å². The highest BCUT2D eigenvalue weighted by Crippen LogP contribution is 2.28. The van der Waals surface area contributed by atoms with E-state index in [-0.39, 0.29) is 17.6 Å². The van der Waals surface area contributed by atoms with Crippen LogP contribution in [0.2, 0.25) is 0 Å². The van der Waals surface area contributed by atoms with Gasteiger partial charge in [-0.1, -0.05) is 20.8 Å². The molecule has 21 heavy (non-hydrogen) atoms. The molecule has 122 valence electrons. The molecule has 0 aliphatic carbocycles. The van der Waals surface area contributed by atoms with Crippen molar-refractivity contribution in [1.82, 2.24) is 10.2 Å². The molecule has 3 unspecified atom stereocenters. The second-order valence-electron chi connectivity index (χ2n) is 7.25. The first-order valence-electron chi connectivity index (χ1n) is 8.66. The number of carbonyl (C=O) groups is 1. The first-order valence-corrected chi connectivity index (χ1v) is 8.66. The van der Waals surface area contributed by atoms with Gasteiger partial charge in [-0.15, -0.1) is 0 Å². The first-order chi connectivity index (χ1) is 9.96. The molecule has 3 atom stereocenters. The Balaban J connectivity index is 1.97. The normalized spacial score (nSPS) is 34.0. The zero-order valence-corrected chi connectivity index (χ0v) is 14.2. The number of hydrogen-bond acceptors (Lipinski definition) is 3. The number of nitrogens with one attached hydrogen (secondary N) is 1. The molecule has 4 heteroatoms. The Morgan fingerprint density at radius 1 is 1.43 bits per heavy atom. The summed E-state index contributed by atoms with van der Waals surface area (Å²) in [7, 11) is 0. The number of nitrogens with zero attached hydrogens (tertiary/aromatic N) is 1. The molecular weight excluding hydrogens is 264 g/mol. The Bertz CT molecular complexity index is 353. The zero-order chi connectivity index (χ0) is 15.5. The molecular formula is C17H32N2O2. The highest BCUT2D eigenvalue weighted by Gasteiger charge is 2.46.